The van der Waals surface area contributed by atoms with Crippen molar-refractivity contribution >= 4 is 39.2 Å². The number of aromatic nitrogens is 1. The molecule has 1 fully saturated rings. The van der Waals surface area contributed by atoms with Crippen molar-refractivity contribution in [1.29, 1.82) is 0 Å². The third-order valence-electron chi connectivity index (χ3n) is 5.33. The third kappa shape index (κ3) is 4.68. The van der Waals surface area contributed by atoms with Gasteiger partial charge in [0.05, 0.1) is 4.70 Å². The maximum absolute atomic E-state index is 11.9. The fourth-order valence-corrected chi connectivity index (χ4v) is 4.55. The Balaban J connectivity index is 1.32. The molecule has 0 radical (unpaired) electrons. The molecule has 6 nitrogen and oxygen atoms in total. The van der Waals surface area contributed by atoms with E-state index in [1.54, 1.807) is 11.5 Å². The summed E-state index contributed by atoms with van der Waals surface area (Å²) in [7, 11) is 0. The normalized spacial score (nSPS) is 14.9. The van der Waals surface area contributed by atoms with Crippen LogP contribution >= 0.6 is 11.5 Å². The summed E-state index contributed by atoms with van der Waals surface area (Å²) in [6, 6.07) is 16.4. The lowest BCUT2D eigenvalue weighted by Crippen LogP contribution is -2.47. The third-order valence-corrected chi connectivity index (χ3v) is 6.15. The lowest BCUT2D eigenvalue weighted by molar-refractivity contribution is 0.252. The Morgan fingerprint density at radius 1 is 1.07 bits per heavy atom. The van der Waals surface area contributed by atoms with Gasteiger partial charge in [-0.15, -0.1) is 0 Å². The van der Waals surface area contributed by atoms with Gasteiger partial charge in [-0.2, -0.15) is 4.37 Å². The van der Waals surface area contributed by atoms with E-state index >= 15 is 0 Å². The first-order valence-corrected chi connectivity index (χ1v) is 11.0. The van der Waals surface area contributed by atoms with Crippen LogP contribution in [-0.4, -0.2) is 54.6 Å². The van der Waals surface area contributed by atoms with E-state index in [4.69, 9.17) is 4.37 Å². The Labute approximate surface area is 175 Å². The molecule has 0 atom stereocenters. The fourth-order valence-electron chi connectivity index (χ4n) is 3.75. The van der Waals surface area contributed by atoms with E-state index in [0.29, 0.717) is 6.54 Å². The number of urea groups is 1. The van der Waals surface area contributed by atoms with Crippen LogP contribution < -0.4 is 15.5 Å². The highest BCUT2D eigenvalue weighted by Gasteiger charge is 2.20. The summed E-state index contributed by atoms with van der Waals surface area (Å²) >= 11 is 1.58. The Morgan fingerprint density at radius 2 is 1.83 bits per heavy atom. The van der Waals surface area contributed by atoms with Crippen LogP contribution in [0.1, 0.15) is 12.5 Å². The predicted octanol–water partition coefficient (Wildman–Crippen LogP) is 3.80. The second-order valence-electron chi connectivity index (χ2n) is 7.22. The molecule has 4 rings (SSSR count). The quantitative estimate of drug-likeness (QED) is 0.650. The number of fused-ring (bicyclic) bond motifs is 1. The average molecular weight is 410 g/mol. The Bertz CT molecular complexity index is 965. The Hall–Kier alpha value is -2.64. The monoisotopic (exact) mass is 409 g/mol. The molecule has 152 valence electrons. The van der Waals surface area contributed by atoms with Crippen molar-refractivity contribution in [3.05, 3.63) is 54.1 Å². The van der Waals surface area contributed by atoms with E-state index in [-0.39, 0.29) is 6.03 Å². The zero-order chi connectivity index (χ0) is 20.1. The standard InChI is InChI=1S/C22H27N5OS/c1-2-23-22(28)24-19-9-5-3-7-17(19)11-12-26-13-15-27(16-14-26)21-18-8-4-6-10-20(18)29-25-21/h3-10H,2,11-16H2,1H3,(H2,23,24,28). The van der Waals surface area contributed by atoms with Crippen LogP contribution in [0.15, 0.2) is 48.5 Å². The summed E-state index contributed by atoms with van der Waals surface area (Å²) in [4.78, 5) is 16.8. The number of nitrogens with one attached hydrogen (secondary N) is 2. The van der Waals surface area contributed by atoms with E-state index in [2.05, 4.69) is 50.8 Å². The van der Waals surface area contributed by atoms with E-state index < -0.39 is 0 Å². The van der Waals surface area contributed by atoms with Gasteiger partial charge in [0.15, 0.2) is 0 Å². The Kier molecular flexibility index (Phi) is 6.27. The van der Waals surface area contributed by atoms with Crippen LogP contribution in [0, 0.1) is 0 Å². The van der Waals surface area contributed by atoms with Gasteiger partial charge in [0.25, 0.3) is 0 Å². The topological polar surface area (TPSA) is 60.5 Å². The van der Waals surface area contributed by atoms with E-state index in [0.717, 1.165) is 50.6 Å². The molecule has 2 heterocycles. The summed E-state index contributed by atoms with van der Waals surface area (Å²) in [5.74, 6) is 1.13. The molecule has 0 spiro atoms. The van der Waals surface area contributed by atoms with Crippen molar-refractivity contribution in [2.24, 2.45) is 0 Å². The van der Waals surface area contributed by atoms with Gasteiger partial charge in [-0.25, -0.2) is 4.79 Å². The largest absolute Gasteiger partial charge is 0.353 e. The zero-order valence-corrected chi connectivity index (χ0v) is 17.5. The predicted molar refractivity (Wildman–Crippen MR) is 121 cm³/mol. The van der Waals surface area contributed by atoms with Crippen LogP contribution in [-0.2, 0) is 6.42 Å². The number of piperazine rings is 1. The molecule has 1 aliphatic rings. The number of para-hydroxylation sites is 1. The van der Waals surface area contributed by atoms with Gasteiger partial charge in [0.2, 0.25) is 0 Å². The first-order chi connectivity index (χ1) is 14.2. The summed E-state index contributed by atoms with van der Waals surface area (Å²) < 4.78 is 5.95. The maximum Gasteiger partial charge on any atom is 0.319 e. The molecule has 29 heavy (non-hydrogen) atoms. The number of benzene rings is 2. The molecule has 2 aromatic carbocycles. The number of rotatable bonds is 6. The highest BCUT2D eigenvalue weighted by molar-refractivity contribution is 7.13. The number of hydrogen-bond acceptors (Lipinski definition) is 5. The molecule has 0 bridgehead atoms. The first-order valence-electron chi connectivity index (χ1n) is 10.2. The lowest BCUT2D eigenvalue weighted by Gasteiger charge is -2.35. The molecule has 2 N–H and O–H groups in total. The molecule has 0 saturated carbocycles. The van der Waals surface area contributed by atoms with Crippen molar-refractivity contribution < 1.29 is 4.79 Å². The molecule has 0 aliphatic carbocycles. The van der Waals surface area contributed by atoms with Gasteiger partial charge >= 0.3 is 6.03 Å². The second kappa shape index (κ2) is 9.24. The molecule has 3 aromatic rings. The van der Waals surface area contributed by atoms with E-state index in [1.807, 2.05) is 25.1 Å². The van der Waals surface area contributed by atoms with Crippen molar-refractivity contribution in [3.63, 3.8) is 0 Å². The molecule has 1 saturated heterocycles. The molecular weight excluding hydrogens is 382 g/mol. The number of carbonyl (C=O) groups is 1. The van der Waals surface area contributed by atoms with E-state index in [9.17, 15) is 4.79 Å². The van der Waals surface area contributed by atoms with Crippen molar-refractivity contribution in [2.45, 2.75) is 13.3 Å². The van der Waals surface area contributed by atoms with Crippen LogP contribution in [0.25, 0.3) is 10.1 Å². The number of anilines is 2. The number of hydrogen-bond donors (Lipinski definition) is 2. The molecule has 1 aromatic heterocycles. The molecule has 2 amide bonds. The minimum atomic E-state index is -0.149. The van der Waals surface area contributed by atoms with E-state index in [1.165, 1.54) is 15.6 Å². The zero-order valence-electron chi connectivity index (χ0n) is 16.7. The van der Waals surface area contributed by atoms with Gasteiger partial charge in [-0.3, -0.25) is 4.90 Å². The van der Waals surface area contributed by atoms with Gasteiger partial charge < -0.3 is 15.5 Å². The summed E-state index contributed by atoms with van der Waals surface area (Å²) in [6.45, 7) is 7.56. The number of nitrogens with zero attached hydrogens (tertiary/aromatic N) is 3. The van der Waals surface area contributed by atoms with Gasteiger partial charge in [-0.05, 0) is 48.6 Å². The van der Waals surface area contributed by atoms with Crippen molar-refractivity contribution in [3.8, 4) is 0 Å². The van der Waals surface area contributed by atoms with Crippen LogP contribution in [0.4, 0.5) is 16.3 Å². The minimum Gasteiger partial charge on any atom is -0.353 e. The fraction of sp³-hybridized carbons (Fsp3) is 0.364. The summed E-state index contributed by atoms with van der Waals surface area (Å²) in [5.41, 5.74) is 2.07. The molecule has 0 unspecified atom stereocenters. The lowest BCUT2D eigenvalue weighted by atomic mass is 10.1. The first kappa shape index (κ1) is 19.7. The average Bonchev–Trinajstić information content (AvgIpc) is 3.18. The SMILES string of the molecule is CCNC(=O)Nc1ccccc1CCN1CCN(c2nsc3ccccc23)CC1. The van der Waals surface area contributed by atoms with Gasteiger partial charge in [0.1, 0.15) is 5.82 Å². The number of amides is 2. The van der Waals surface area contributed by atoms with Crippen LogP contribution in [0.3, 0.4) is 0 Å². The molecular formula is C22H27N5OS. The van der Waals surface area contributed by atoms with Crippen molar-refractivity contribution in [2.75, 3.05) is 49.5 Å². The minimum absolute atomic E-state index is 0.149. The maximum atomic E-state index is 11.9. The highest BCUT2D eigenvalue weighted by Crippen LogP contribution is 2.29. The summed E-state index contributed by atoms with van der Waals surface area (Å²) in [5, 5.41) is 7.00. The van der Waals surface area contributed by atoms with Gasteiger partial charge in [0, 0.05) is 50.3 Å². The molecule has 1 aliphatic heterocycles. The number of carbonyl (C=O) groups excluding carboxylic acids is 1. The smallest absolute Gasteiger partial charge is 0.319 e. The summed E-state index contributed by atoms with van der Waals surface area (Å²) in [6.07, 6.45) is 0.919. The molecule has 7 heteroatoms. The van der Waals surface area contributed by atoms with Crippen LogP contribution in [0.2, 0.25) is 0 Å². The van der Waals surface area contributed by atoms with Crippen molar-refractivity contribution in [1.82, 2.24) is 14.6 Å². The van der Waals surface area contributed by atoms with Crippen LogP contribution in [0.5, 0.6) is 0 Å². The Morgan fingerprint density at radius 3 is 2.66 bits per heavy atom. The second-order valence-corrected chi connectivity index (χ2v) is 8.03. The van der Waals surface area contributed by atoms with Gasteiger partial charge in [-0.1, -0.05) is 30.3 Å². The highest BCUT2D eigenvalue weighted by atomic mass is 32.1.